The average molecular weight is 780 g/mol. The van der Waals surface area contributed by atoms with Crippen LogP contribution in [0.4, 0.5) is 0 Å². The Kier molecular flexibility index (Phi) is 34.3. The molecule has 0 aromatic carbocycles. The minimum atomic E-state index is -1.57. The summed E-state index contributed by atoms with van der Waals surface area (Å²) in [5.41, 5.74) is 0. The number of aliphatic hydroxyl groups is 5. The Morgan fingerprint density at radius 2 is 1.04 bits per heavy atom. The standard InChI is InChI=1S/C46H85NO8/c1-3-5-7-9-11-13-15-17-18-19-20-21-22-24-26-28-30-32-34-36-42(50)47-39(38-54-46-45(53)44(52)43(51)41(37-48)55-46)40(49)35-33-31-29-27-25-23-16-14-12-10-8-6-4-2/h17-18,25,27,33,35,39-41,43-46,48-49,51-53H,3-16,19-24,26,28-32,34,36-38H2,1-2H3,(H,47,50)/b18-17-,27-25+,35-33+. The Morgan fingerprint density at radius 3 is 1.53 bits per heavy atom. The second-order valence-corrected chi connectivity index (χ2v) is 15.8. The highest BCUT2D eigenvalue weighted by Crippen LogP contribution is 2.22. The Morgan fingerprint density at radius 1 is 0.600 bits per heavy atom. The van der Waals surface area contributed by atoms with Crippen LogP contribution in [0.25, 0.3) is 0 Å². The molecule has 55 heavy (non-hydrogen) atoms. The van der Waals surface area contributed by atoms with E-state index in [1.165, 1.54) is 135 Å². The number of hydrogen-bond donors (Lipinski definition) is 6. The van der Waals surface area contributed by atoms with Crippen LogP contribution in [-0.4, -0.2) is 87.5 Å². The Balaban J connectivity index is 2.36. The van der Waals surface area contributed by atoms with Gasteiger partial charge in [-0.15, -0.1) is 0 Å². The number of amides is 1. The van der Waals surface area contributed by atoms with E-state index in [9.17, 15) is 30.3 Å². The van der Waals surface area contributed by atoms with Crippen LogP contribution in [0, 0.1) is 0 Å². The van der Waals surface area contributed by atoms with Crippen molar-refractivity contribution >= 4 is 5.91 Å². The van der Waals surface area contributed by atoms with Crippen molar-refractivity contribution in [2.75, 3.05) is 13.2 Å². The van der Waals surface area contributed by atoms with Crippen molar-refractivity contribution in [2.24, 2.45) is 0 Å². The number of nitrogens with one attached hydrogen (secondary N) is 1. The summed E-state index contributed by atoms with van der Waals surface area (Å²) in [4.78, 5) is 12.9. The highest BCUT2D eigenvalue weighted by molar-refractivity contribution is 5.76. The zero-order valence-electron chi connectivity index (χ0n) is 35.2. The highest BCUT2D eigenvalue weighted by Gasteiger charge is 2.44. The molecular formula is C46H85NO8. The van der Waals surface area contributed by atoms with E-state index in [0.717, 1.165) is 38.5 Å². The molecule has 1 amide bonds. The van der Waals surface area contributed by atoms with Gasteiger partial charge in [0, 0.05) is 6.42 Å². The number of aliphatic hydroxyl groups excluding tert-OH is 5. The third-order valence-electron chi connectivity index (χ3n) is 10.7. The van der Waals surface area contributed by atoms with E-state index in [1.54, 1.807) is 6.08 Å². The fraction of sp³-hybridized carbons (Fsp3) is 0.848. The van der Waals surface area contributed by atoms with Crippen molar-refractivity contribution in [2.45, 2.75) is 236 Å². The van der Waals surface area contributed by atoms with Gasteiger partial charge in [-0.1, -0.05) is 166 Å². The van der Waals surface area contributed by atoms with Crippen LogP contribution in [0.5, 0.6) is 0 Å². The van der Waals surface area contributed by atoms with Gasteiger partial charge in [0.15, 0.2) is 6.29 Å². The summed E-state index contributed by atoms with van der Waals surface area (Å²) in [6.07, 6.45) is 37.6. The molecule has 9 nitrogen and oxygen atoms in total. The van der Waals surface area contributed by atoms with Gasteiger partial charge < -0.3 is 40.3 Å². The molecular weight excluding hydrogens is 695 g/mol. The maximum atomic E-state index is 12.9. The first-order chi connectivity index (χ1) is 26.8. The van der Waals surface area contributed by atoms with E-state index in [2.05, 4.69) is 43.5 Å². The molecule has 1 heterocycles. The summed E-state index contributed by atoms with van der Waals surface area (Å²) in [7, 11) is 0. The lowest BCUT2D eigenvalue weighted by atomic mass is 9.99. The number of carbonyl (C=O) groups is 1. The zero-order valence-corrected chi connectivity index (χ0v) is 35.2. The molecule has 0 bridgehead atoms. The van der Waals surface area contributed by atoms with Gasteiger partial charge in [0.1, 0.15) is 24.4 Å². The molecule has 0 radical (unpaired) electrons. The molecule has 0 saturated carbocycles. The molecule has 0 spiro atoms. The summed E-state index contributed by atoms with van der Waals surface area (Å²) < 4.78 is 11.2. The van der Waals surface area contributed by atoms with Crippen LogP contribution in [0.15, 0.2) is 36.5 Å². The first kappa shape index (κ1) is 51.4. The van der Waals surface area contributed by atoms with Gasteiger partial charge in [-0.2, -0.15) is 0 Å². The van der Waals surface area contributed by atoms with E-state index in [1.807, 2.05) is 6.08 Å². The smallest absolute Gasteiger partial charge is 0.220 e. The predicted octanol–water partition coefficient (Wildman–Crippen LogP) is 9.28. The molecule has 9 heteroatoms. The normalized spacial score (nSPS) is 21.6. The molecule has 1 fully saturated rings. The lowest BCUT2D eigenvalue weighted by Gasteiger charge is -2.40. The van der Waals surface area contributed by atoms with Crippen LogP contribution in [0.3, 0.4) is 0 Å². The molecule has 1 rings (SSSR count). The molecule has 322 valence electrons. The summed E-state index contributed by atoms with van der Waals surface area (Å²) in [6, 6.07) is -0.820. The highest BCUT2D eigenvalue weighted by atomic mass is 16.7. The van der Waals surface area contributed by atoms with Crippen molar-refractivity contribution in [1.29, 1.82) is 0 Å². The largest absolute Gasteiger partial charge is 0.394 e. The van der Waals surface area contributed by atoms with Crippen molar-refractivity contribution < 1.29 is 39.8 Å². The van der Waals surface area contributed by atoms with Gasteiger partial charge in [-0.3, -0.25) is 4.79 Å². The minimum Gasteiger partial charge on any atom is -0.394 e. The fourth-order valence-electron chi connectivity index (χ4n) is 6.99. The first-order valence-electron chi connectivity index (χ1n) is 22.7. The molecule has 7 unspecified atom stereocenters. The molecule has 7 atom stereocenters. The Hall–Kier alpha value is -1.59. The van der Waals surface area contributed by atoms with Crippen LogP contribution in [0.2, 0.25) is 0 Å². The second kappa shape index (κ2) is 36.7. The maximum Gasteiger partial charge on any atom is 0.220 e. The molecule has 0 aromatic rings. The number of ether oxygens (including phenoxy) is 2. The molecule has 6 N–H and O–H groups in total. The van der Waals surface area contributed by atoms with Crippen molar-refractivity contribution in [1.82, 2.24) is 5.32 Å². The van der Waals surface area contributed by atoms with Gasteiger partial charge in [-0.25, -0.2) is 0 Å². The van der Waals surface area contributed by atoms with Gasteiger partial charge in [0.25, 0.3) is 0 Å². The van der Waals surface area contributed by atoms with E-state index < -0.39 is 49.5 Å². The van der Waals surface area contributed by atoms with E-state index in [4.69, 9.17) is 9.47 Å². The van der Waals surface area contributed by atoms with Crippen LogP contribution in [-0.2, 0) is 14.3 Å². The van der Waals surface area contributed by atoms with Crippen LogP contribution < -0.4 is 5.32 Å². The lowest BCUT2D eigenvalue weighted by Crippen LogP contribution is -2.60. The Labute approximate surface area is 336 Å². The fourth-order valence-corrected chi connectivity index (χ4v) is 6.99. The van der Waals surface area contributed by atoms with Gasteiger partial charge >= 0.3 is 0 Å². The topological polar surface area (TPSA) is 149 Å². The first-order valence-corrected chi connectivity index (χ1v) is 22.7. The number of hydrogen-bond acceptors (Lipinski definition) is 8. The van der Waals surface area contributed by atoms with E-state index in [-0.39, 0.29) is 12.5 Å². The number of rotatable bonds is 37. The van der Waals surface area contributed by atoms with Crippen molar-refractivity contribution in [3.05, 3.63) is 36.5 Å². The lowest BCUT2D eigenvalue weighted by molar-refractivity contribution is -0.302. The summed E-state index contributed by atoms with van der Waals surface area (Å²) in [5.74, 6) is -0.191. The second-order valence-electron chi connectivity index (χ2n) is 15.8. The third kappa shape index (κ3) is 27.6. The number of unbranched alkanes of at least 4 members (excludes halogenated alkanes) is 23. The molecule has 1 aliphatic heterocycles. The third-order valence-corrected chi connectivity index (χ3v) is 10.7. The van der Waals surface area contributed by atoms with Gasteiger partial charge in [-0.05, 0) is 57.8 Å². The molecule has 1 saturated heterocycles. The summed E-state index contributed by atoms with van der Waals surface area (Å²) >= 11 is 0. The van der Waals surface area contributed by atoms with Crippen molar-refractivity contribution in [3.63, 3.8) is 0 Å². The average Bonchev–Trinajstić information content (AvgIpc) is 3.18. The van der Waals surface area contributed by atoms with Gasteiger partial charge in [0.05, 0.1) is 25.4 Å². The quantitative estimate of drug-likeness (QED) is 0.0270. The zero-order chi connectivity index (χ0) is 40.2. The van der Waals surface area contributed by atoms with E-state index in [0.29, 0.717) is 6.42 Å². The molecule has 0 aromatic heterocycles. The maximum absolute atomic E-state index is 12.9. The monoisotopic (exact) mass is 780 g/mol. The van der Waals surface area contributed by atoms with Crippen LogP contribution >= 0.6 is 0 Å². The van der Waals surface area contributed by atoms with Crippen molar-refractivity contribution in [3.8, 4) is 0 Å². The molecule has 0 aliphatic carbocycles. The van der Waals surface area contributed by atoms with E-state index >= 15 is 0 Å². The SMILES string of the molecule is CCCCCCCC/C=C\CCCCCCCCCCCC(=O)NC(COC1OC(CO)C(O)C(O)C1O)C(O)/C=C/CC/C=C/CCCCCCCCC. The number of allylic oxidation sites excluding steroid dienone is 5. The summed E-state index contributed by atoms with van der Waals surface area (Å²) in [6.45, 7) is 3.73. The molecule has 1 aliphatic rings. The van der Waals surface area contributed by atoms with Crippen LogP contribution in [0.1, 0.15) is 194 Å². The van der Waals surface area contributed by atoms with Gasteiger partial charge in [0.2, 0.25) is 5.91 Å². The number of carbonyl (C=O) groups excluding carboxylic acids is 1. The Bertz CT molecular complexity index is 956. The predicted molar refractivity (Wildman–Crippen MR) is 226 cm³/mol. The summed E-state index contributed by atoms with van der Waals surface area (Å²) in [5, 5.41) is 54.1. The minimum absolute atomic E-state index is 0.191.